The number of imidazole rings is 1. The molecule has 0 saturated carbocycles. The van der Waals surface area contributed by atoms with E-state index in [1.165, 1.54) is 6.92 Å². The quantitative estimate of drug-likeness (QED) is 0.522. The molecule has 0 aliphatic heterocycles. The maximum atomic E-state index is 11.8. The second kappa shape index (κ2) is 6.30. The first-order valence-electron chi connectivity index (χ1n) is 6.73. The minimum absolute atomic E-state index is 0.244. The molecule has 21 heavy (non-hydrogen) atoms. The summed E-state index contributed by atoms with van der Waals surface area (Å²) in [6.45, 7) is 7.40. The molecule has 0 aliphatic rings. The molecule has 2 aromatic rings. The van der Waals surface area contributed by atoms with E-state index in [9.17, 15) is 9.59 Å². The lowest BCUT2D eigenvalue weighted by atomic mass is 10.1. The van der Waals surface area contributed by atoms with E-state index in [2.05, 4.69) is 9.97 Å². The maximum Gasteiger partial charge on any atom is 0.327 e. The van der Waals surface area contributed by atoms with Crippen molar-refractivity contribution in [3.8, 4) is 0 Å². The normalized spacial score (nSPS) is 12.4. The molecule has 2 rings (SSSR count). The molecule has 1 aromatic carbocycles. The number of nitrogens with zero attached hydrogens (tertiary/aromatic N) is 1. The second-order valence-corrected chi connectivity index (χ2v) is 5.95. The van der Waals surface area contributed by atoms with Gasteiger partial charge in [0.1, 0.15) is 0 Å². The molecule has 6 heteroatoms. The highest BCUT2D eigenvalue weighted by atomic mass is 32.2. The van der Waals surface area contributed by atoms with Gasteiger partial charge in [0.25, 0.3) is 0 Å². The number of ketones is 1. The molecule has 0 amide bonds. The minimum Gasteiger partial charge on any atom is -0.465 e. The fraction of sp³-hybridized carbons (Fsp3) is 0.400. The van der Waals surface area contributed by atoms with Gasteiger partial charge in [-0.1, -0.05) is 11.8 Å². The van der Waals surface area contributed by atoms with Crippen LogP contribution >= 0.6 is 11.8 Å². The Balaban J connectivity index is 2.29. The number of aryl methyl sites for hydroxylation is 2. The summed E-state index contributed by atoms with van der Waals surface area (Å²) in [5.74, 6) is -0.769. The van der Waals surface area contributed by atoms with E-state index < -0.39 is 11.2 Å². The number of H-pyrrole nitrogens is 1. The van der Waals surface area contributed by atoms with Gasteiger partial charge in [-0.05, 0) is 51.0 Å². The first kappa shape index (κ1) is 15.6. The Hall–Kier alpha value is -1.82. The summed E-state index contributed by atoms with van der Waals surface area (Å²) in [7, 11) is 0. The smallest absolute Gasteiger partial charge is 0.327 e. The lowest BCUT2D eigenvalue weighted by Gasteiger charge is -2.09. The summed E-state index contributed by atoms with van der Waals surface area (Å²) in [6, 6.07) is 3.99. The Morgan fingerprint density at radius 2 is 2.00 bits per heavy atom. The summed E-state index contributed by atoms with van der Waals surface area (Å²) in [6.07, 6.45) is 0. The number of carbonyl (C=O) groups is 2. The average Bonchev–Trinajstić information content (AvgIpc) is 2.78. The van der Waals surface area contributed by atoms with Gasteiger partial charge in [-0.25, -0.2) is 4.98 Å². The SMILES string of the molecule is CCOC(=O)C(Sc1nc2cc(C)c(C)cc2[nH]1)C(C)=O. The third-order valence-corrected chi connectivity index (χ3v) is 4.35. The number of hydrogen-bond donors (Lipinski definition) is 1. The monoisotopic (exact) mass is 306 g/mol. The van der Waals surface area contributed by atoms with Gasteiger partial charge in [-0.15, -0.1) is 0 Å². The number of thioether (sulfide) groups is 1. The highest BCUT2D eigenvalue weighted by Gasteiger charge is 2.27. The Labute approximate surface area is 127 Å². The molecule has 1 aromatic heterocycles. The lowest BCUT2D eigenvalue weighted by Crippen LogP contribution is -2.27. The number of fused-ring (bicyclic) bond motifs is 1. The van der Waals surface area contributed by atoms with Crippen molar-refractivity contribution in [2.75, 3.05) is 6.61 Å². The third kappa shape index (κ3) is 3.44. The van der Waals surface area contributed by atoms with Gasteiger partial charge >= 0.3 is 5.97 Å². The van der Waals surface area contributed by atoms with E-state index in [1.807, 2.05) is 26.0 Å². The molecule has 1 heterocycles. The minimum atomic E-state index is -0.882. The molecule has 1 atom stereocenters. The van der Waals surface area contributed by atoms with Gasteiger partial charge in [0.15, 0.2) is 16.2 Å². The number of esters is 1. The van der Waals surface area contributed by atoms with E-state index >= 15 is 0 Å². The van der Waals surface area contributed by atoms with Crippen LogP contribution in [0.5, 0.6) is 0 Å². The molecular weight excluding hydrogens is 288 g/mol. The molecule has 0 bridgehead atoms. The zero-order chi connectivity index (χ0) is 15.6. The fourth-order valence-electron chi connectivity index (χ4n) is 1.93. The summed E-state index contributed by atoms with van der Waals surface area (Å²) in [4.78, 5) is 31.0. The zero-order valence-corrected chi connectivity index (χ0v) is 13.3. The van der Waals surface area contributed by atoms with Crippen molar-refractivity contribution in [3.05, 3.63) is 23.3 Å². The number of ether oxygens (including phenoxy) is 1. The van der Waals surface area contributed by atoms with Crippen molar-refractivity contribution in [3.63, 3.8) is 0 Å². The van der Waals surface area contributed by atoms with Crippen LogP contribution in [-0.2, 0) is 14.3 Å². The van der Waals surface area contributed by atoms with E-state index in [-0.39, 0.29) is 12.4 Å². The van der Waals surface area contributed by atoms with Gasteiger partial charge in [0.05, 0.1) is 17.6 Å². The molecule has 0 radical (unpaired) electrons. The van der Waals surface area contributed by atoms with Crippen LogP contribution in [0.4, 0.5) is 0 Å². The first-order chi connectivity index (χ1) is 9.92. The molecular formula is C15H18N2O3S. The molecule has 112 valence electrons. The highest BCUT2D eigenvalue weighted by molar-refractivity contribution is 8.01. The number of hydrogen-bond acceptors (Lipinski definition) is 5. The number of aromatic amines is 1. The van der Waals surface area contributed by atoms with Crippen LogP contribution in [0.25, 0.3) is 11.0 Å². The Morgan fingerprint density at radius 3 is 2.62 bits per heavy atom. The topological polar surface area (TPSA) is 72.0 Å². The Kier molecular flexibility index (Phi) is 4.67. The predicted molar refractivity (Wildman–Crippen MR) is 82.5 cm³/mol. The van der Waals surface area contributed by atoms with Crippen molar-refractivity contribution in [2.45, 2.75) is 38.1 Å². The summed E-state index contributed by atoms with van der Waals surface area (Å²) in [5.41, 5.74) is 4.04. The van der Waals surface area contributed by atoms with Crippen LogP contribution in [-0.4, -0.2) is 33.6 Å². The Bertz CT molecular complexity index is 655. The van der Waals surface area contributed by atoms with Crippen molar-refractivity contribution < 1.29 is 14.3 Å². The van der Waals surface area contributed by atoms with Gasteiger partial charge in [-0.3, -0.25) is 9.59 Å². The predicted octanol–water partition coefficient (Wildman–Crippen LogP) is 2.79. The van der Waals surface area contributed by atoms with Crippen molar-refractivity contribution >= 4 is 34.5 Å². The zero-order valence-electron chi connectivity index (χ0n) is 12.5. The number of Topliss-reactive ketones (excluding diaryl/α,β-unsaturated/α-hetero) is 1. The highest BCUT2D eigenvalue weighted by Crippen LogP contribution is 2.26. The second-order valence-electron chi connectivity index (χ2n) is 4.86. The summed E-state index contributed by atoms with van der Waals surface area (Å²) in [5, 5.41) is -0.337. The average molecular weight is 306 g/mol. The molecule has 5 nitrogen and oxygen atoms in total. The molecule has 0 saturated heterocycles. The van der Waals surface area contributed by atoms with Gasteiger partial charge in [0.2, 0.25) is 0 Å². The van der Waals surface area contributed by atoms with Crippen LogP contribution in [0.1, 0.15) is 25.0 Å². The summed E-state index contributed by atoms with van der Waals surface area (Å²) >= 11 is 1.09. The fourth-order valence-corrected chi connectivity index (χ4v) is 2.80. The number of benzene rings is 1. The molecule has 0 spiro atoms. The molecule has 1 unspecified atom stereocenters. The first-order valence-corrected chi connectivity index (χ1v) is 7.61. The van der Waals surface area contributed by atoms with Crippen molar-refractivity contribution in [1.29, 1.82) is 0 Å². The number of carbonyl (C=O) groups excluding carboxylic acids is 2. The number of rotatable bonds is 5. The van der Waals surface area contributed by atoms with Crippen LogP contribution in [0, 0.1) is 13.8 Å². The van der Waals surface area contributed by atoms with E-state index in [0.717, 1.165) is 33.9 Å². The van der Waals surface area contributed by atoms with E-state index in [1.54, 1.807) is 6.92 Å². The Morgan fingerprint density at radius 1 is 1.33 bits per heavy atom. The van der Waals surface area contributed by atoms with E-state index in [0.29, 0.717) is 5.16 Å². The van der Waals surface area contributed by atoms with Gasteiger partial charge < -0.3 is 9.72 Å². The van der Waals surface area contributed by atoms with Crippen LogP contribution in [0.2, 0.25) is 0 Å². The maximum absolute atomic E-state index is 11.8. The van der Waals surface area contributed by atoms with Crippen LogP contribution in [0.15, 0.2) is 17.3 Å². The number of aromatic nitrogens is 2. The molecule has 0 fully saturated rings. The lowest BCUT2D eigenvalue weighted by molar-refractivity contribution is -0.144. The van der Waals surface area contributed by atoms with Gasteiger partial charge in [-0.2, -0.15) is 0 Å². The van der Waals surface area contributed by atoms with Gasteiger partial charge in [0, 0.05) is 0 Å². The van der Waals surface area contributed by atoms with Crippen molar-refractivity contribution in [2.24, 2.45) is 0 Å². The van der Waals surface area contributed by atoms with Crippen LogP contribution in [0.3, 0.4) is 0 Å². The van der Waals surface area contributed by atoms with Crippen molar-refractivity contribution in [1.82, 2.24) is 9.97 Å². The molecule has 1 N–H and O–H groups in total. The number of nitrogens with one attached hydrogen (secondary N) is 1. The summed E-state index contributed by atoms with van der Waals surface area (Å²) < 4.78 is 4.93. The third-order valence-electron chi connectivity index (χ3n) is 3.18. The molecule has 0 aliphatic carbocycles. The standard InChI is InChI=1S/C15H18N2O3S/c1-5-20-14(19)13(10(4)18)21-15-16-11-6-8(2)9(3)7-12(11)17-15/h6-7,13H,5H2,1-4H3,(H,16,17). The van der Waals surface area contributed by atoms with Crippen LogP contribution < -0.4 is 0 Å². The van der Waals surface area contributed by atoms with E-state index in [4.69, 9.17) is 4.74 Å². The largest absolute Gasteiger partial charge is 0.465 e.